The van der Waals surface area contributed by atoms with Gasteiger partial charge in [0.2, 0.25) is 0 Å². The lowest BCUT2D eigenvalue weighted by Gasteiger charge is -2.25. The molecule has 0 unspecified atom stereocenters. The number of carbonyl (C=O) groups excluding carboxylic acids is 1. The molecule has 0 saturated heterocycles. The summed E-state index contributed by atoms with van der Waals surface area (Å²) in [7, 11) is -1.73. The van der Waals surface area contributed by atoms with Crippen LogP contribution in [0.15, 0.2) is 53.4 Å². The maximum atomic E-state index is 12.6. The number of hydrogen-bond acceptors (Lipinski definition) is 5. The highest BCUT2D eigenvalue weighted by Gasteiger charge is 2.21. The quantitative estimate of drug-likeness (QED) is 0.602. The Hall–Kier alpha value is -2.74. The van der Waals surface area contributed by atoms with E-state index in [1.807, 2.05) is 0 Å². The predicted molar refractivity (Wildman–Crippen MR) is 93.2 cm³/mol. The number of non-ortho nitro benzene ring substituents is 1. The summed E-state index contributed by atoms with van der Waals surface area (Å²) in [5.74, 6) is -0.306. The first-order chi connectivity index (χ1) is 11.6. The molecule has 2 aromatic carbocycles. The van der Waals surface area contributed by atoms with E-state index in [2.05, 4.69) is 0 Å². The zero-order chi connectivity index (χ0) is 18.8. The van der Waals surface area contributed by atoms with Crippen LogP contribution in [0.4, 0.5) is 5.69 Å². The van der Waals surface area contributed by atoms with Crippen molar-refractivity contribution in [2.24, 2.45) is 0 Å². The first-order valence-corrected chi connectivity index (χ1v) is 9.32. The molecule has 7 nitrogen and oxygen atoms in total. The zero-order valence-corrected chi connectivity index (χ0v) is 14.9. The van der Waals surface area contributed by atoms with Gasteiger partial charge in [-0.05, 0) is 36.8 Å². The van der Waals surface area contributed by atoms with E-state index in [0.29, 0.717) is 11.1 Å². The third-order valence-electron chi connectivity index (χ3n) is 3.99. The van der Waals surface area contributed by atoms with E-state index in [-0.39, 0.29) is 22.5 Å². The second-order valence-electron chi connectivity index (χ2n) is 5.74. The summed E-state index contributed by atoms with van der Waals surface area (Å²) in [6.07, 6.45) is 1.10. The van der Waals surface area contributed by atoms with Gasteiger partial charge in [0.25, 0.3) is 11.6 Å². The fraction of sp³-hybridized carbons (Fsp3) is 0.235. The van der Waals surface area contributed by atoms with Crippen LogP contribution in [0.5, 0.6) is 0 Å². The summed E-state index contributed by atoms with van der Waals surface area (Å²) < 4.78 is 23.0. The molecule has 132 valence electrons. The van der Waals surface area contributed by atoms with Gasteiger partial charge in [-0.15, -0.1) is 0 Å². The van der Waals surface area contributed by atoms with Crippen molar-refractivity contribution in [3.63, 3.8) is 0 Å². The van der Waals surface area contributed by atoms with E-state index in [1.54, 1.807) is 26.1 Å². The molecule has 0 bridgehead atoms. The number of nitrogens with zero attached hydrogens (tertiary/aromatic N) is 2. The van der Waals surface area contributed by atoms with Crippen molar-refractivity contribution in [1.29, 1.82) is 0 Å². The van der Waals surface area contributed by atoms with E-state index in [1.165, 1.54) is 41.3 Å². The minimum absolute atomic E-state index is 0.0392. The second kappa shape index (κ2) is 7.02. The van der Waals surface area contributed by atoms with Gasteiger partial charge in [0.15, 0.2) is 9.84 Å². The van der Waals surface area contributed by atoms with Crippen molar-refractivity contribution in [2.45, 2.75) is 17.9 Å². The first kappa shape index (κ1) is 18.6. The van der Waals surface area contributed by atoms with Gasteiger partial charge in [-0.3, -0.25) is 14.9 Å². The van der Waals surface area contributed by atoms with Crippen molar-refractivity contribution >= 4 is 21.4 Å². The lowest BCUT2D eigenvalue weighted by Crippen LogP contribution is -2.29. The topological polar surface area (TPSA) is 97.6 Å². The van der Waals surface area contributed by atoms with Gasteiger partial charge in [0.05, 0.1) is 15.9 Å². The molecule has 2 rings (SSSR count). The fourth-order valence-corrected chi connectivity index (χ4v) is 2.98. The normalized spacial score (nSPS) is 12.4. The van der Waals surface area contributed by atoms with Crippen LogP contribution in [-0.4, -0.2) is 37.5 Å². The Bertz CT molecular complexity index is 907. The average molecular weight is 362 g/mol. The van der Waals surface area contributed by atoms with Crippen LogP contribution < -0.4 is 0 Å². The number of hydrogen-bond donors (Lipinski definition) is 0. The number of amides is 1. The molecule has 0 radical (unpaired) electrons. The highest BCUT2D eigenvalue weighted by Crippen LogP contribution is 2.24. The van der Waals surface area contributed by atoms with Gasteiger partial charge >= 0.3 is 0 Å². The van der Waals surface area contributed by atoms with Gasteiger partial charge in [-0.2, -0.15) is 0 Å². The third kappa shape index (κ3) is 4.21. The van der Waals surface area contributed by atoms with Crippen molar-refractivity contribution in [3.05, 3.63) is 69.8 Å². The first-order valence-electron chi connectivity index (χ1n) is 7.43. The highest BCUT2D eigenvalue weighted by atomic mass is 32.2. The average Bonchev–Trinajstić information content (AvgIpc) is 2.59. The minimum Gasteiger partial charge on any atom is -0.335 e. The van der Waals surface area contributed by atoms with Crippen LogP contribution in [0, 0.1) is 10.1 Å². The molecule has 0 heterocycles. The maximum absolute atomic E-state index is 12.6. The number of benzene rings is 2. The highest BCUT2D eigenvalue weighted by molar-refractivity contribution is 7.90. The monoisotopic (exact) mass is 362 g/mol. The number of carbonyl (C=O) groups is 1. The summed E-state index contributed by atoms with van der Waals surface area (Å²) in [5.41, 5.74) is 0.938. The molecular formula is C17H18N2O5S. The summed E-state index contributed by atoms with van der Waals surface area (Å²) >= 11 is 0. The summed E-state index contributed by atoms with van der Waals surface area (Å²) in [6, 6.07) is 11.4. The van der Waals surface area contributed by atoms with E-state index in [9.17, 15) is 23.3 Å². The van der Waals surface area contributed by atoms with Gasteiger partial charge in [0.1, 0.15) is 0 Å². The SMILES string of the molecule is C[C@@H](c1cccc([N+](=O)[O-])c1)N(C)C(=O)c1ccc(S(C)(=O)=O)cc1. The van der Waals surface area contributed by atoms with E-state index in [4.69, 9.17) is 0 Å². The van der Waals surface area contributed by atoms with Crippen LogP contribution in [0.2, 0.25) is 0 Å². The minimum atomic E-state index is -3.33. The third-order valence-corrected chi connectivity index (χ3v) is 5.12. The molecule has 2 aromatic rings. The largest absolute Gasteiger partial charge is 0.335 e. The van der Waals surface area contributed by atoms with Crippen molar-refractivity contribution in [3.8, 4) is 0 Å². The number of sulfone groups is 1. The van der Waals surface area contributed by atoms with Crippen LogP contribution >= 0.6 is 0 Å². The molecule has 1 atom stereocenters. The van der Waals surface area contributed by atoms with Crippen molar-refractivity contribution in [1.82, 2.24) is 4.90 Å². The fourth-order valence-electron chi connectivity index (χ4n) is 2.35. The van der Waals surface area contributed by atoms with Gasteiger partial charge in [-0.25, -0.2) is 8.42 Å². The number of rotatable bonds is 5. The molecule has 1 amide bonds. The zero-order valence-electron chi connectivity index (χ0n) is 14.0. The molecule has 0 fully saturated rings. The molecule has 25 heavy (non-hydrogen) atoms. The Kier molecular flexibility index (Phi) is 5.22. The van der Waals surface area contributed by atoms with E-state index < -0.39 is 14.8 Å². The van der Waals surface area contributed by atoms with Crippen LogP contribution in [-0.2, 0) is 9.84 Å². The smallest absolute Gasteiger partial charge is 0.269 e. The van der Waals surface area contributed by atoms with Gasteiger partial charge in [-0.1, -0.05) is 12.1 Å². The standard InChI is InChI=1S/C17H18N2O5S/c1-12(14-5-4-6-15(11-14)19(21)22)18(2)17(20)13-7-9-16(10-8-13)25(3,23)24/h4-12H,1-3H3/t12-/m0/s1. The molecule has 0 aliphatic heterocycles. The van der Waals surface area contributed by atoms with E-state index >= 15 is 0 Å². The van der Waals surface area contributed by atoms with Gasteiger partial charge < -0.3 is 4.90 Å². The van der Waals surface area contributed by atoms with Crippen LogP contribution in [0.3, 0.4) is 0 Å². The maximum Gasteiger partial charge on any atom is 0.269 e. The Morgan fingerprint density at radius 1 is 1.16 bits per heavy atom. The Labute approximate surface area is 146 Å². The molecule has 0 aromatic heterocycles. The molecule has 8 heteroatoms. The Morgan fingerprint density at radius 2 is 1.76 bits per heavy atom. The molecule has 0 N–H and O–H groups in total. The number of nitro groups is 1. The summed E-state index contributed by atoms with van der Waals surface area (Å²) in [4.78, 5) is 24.6. The summed E-state index contributed by atoms with van der Waals surface area (Å²) in [5, 5.41) is 10.9. The van der Waals surface area contributed by atoms with Crippen LogP contribution in [0.25, 0.3) is 0 Å². The lowest BCUT2D eigenvalue weighted by atomic mass is 10.1. The van der Waals surface area contributed by atoms with Gasteiger partial charge in [0, 0.05) is 31.0 Å². The second-order valence-corrected chi connectivity index (χ2v) is 7.76. The van der Waals surface area contributed by atoms with Crippen molar-refractivity contribution < 1.29 is 18.1 Å². The van der Waals surface area contributed by atoms with E-state index in [0.717, 1.165) is 6.26 Å². The summed E-state index contributed by atoms with van der Waals surface area (Å²) in [6.45, 7) is 1.77. The number of nitro benzene ring substituents is 1. The molecule has 0 spiro atoms. The molecule has 0 aliphatic carbocycles. The Morgan fingerprint density at radius 3 is 2.28 bits per heavy atom. The van der Waals surface area contributed by atoms with Crippen LogP contribution in [0.1, 0.15) is 28.9 Å². The lowest BCUT2D eigenvalue weighted by molar-refractivity contribution is -0.384. The van der Waals surface area contributed by atoms with Crippen molar-refractivity contribution in [2.75, 3.05) is 13.3 Å². The Balaban J connectivity index is 2.24. The molecule has 0 aliphatic rings. The predicted octanol–water partition coefficient (Wildman–Crippen LogP) is 2.83. The molecule has 0 saturated carbocycles. The molecular weight excluding hydrogens is 344 g/mol.